The van der Waals surface area contributed by atoms with Crippen molar-refractivity contribution in [3.63, 3.8) is 0 Å². The van der Waals surface area contributed by atoms with Crippen LogP contribution in [0.1, 0.15) is 30.8 Å². The quantitative estimate of drug-likeness (QED) is 0.922. The molecule has 0 fully saturated rings. The number of aromatic nitrogens is 2. The molecular formula is C16H18FN3O2. The first-order valence-corrected chi connectivity index (χ1v) is 7.21. The highest BCUT2D eigenvalue weighted by atomic mass is 19.1. The first kappa shape index (κ1) is 14.6. The van der Waals surface area contributed by atoms with E-state index in [9.17, 15) is 9.50 Å². The van der Waals surface area contributed by atoms with E-state index in [0.717, 1.165) is 12.1 Å². The van der Waals surface area contributed by atoms with Crippen molar-refractivity contribution in [3.05, 3.63) is 65.6 Å². The molecule has 1 aromatic heterocycles. The van der Waals surface area contributed by atoms with E-state index in [2.05, 4.69) is 5.10 Å². The lowest BCUT2D eigenvalue weighted by atomic mass is 10.2. The second-order valence-electron chi connectivity index (χ2n) is 5.09. The molecule has 0 radical (unpaired) electrons. The van der Waals surface area contributed by atoms with E-state index in [4.69, 9.17) is 4.74 Å². The van der Waals surface area contributed by atoms with Gasteiger partial charge in [-0.05, 0) is 18.6 Å². The Balaban J connectivity index is 1.76. The Morgan fingerprint density at radius 1 is 1.32 bits per heavy atom. The Bertz CT molecular complexity index is 684. The molecule has 0 amide bonds. The van der Waals surface area contributed by atoms with Gasteiger partial charge in [-0.3, -0.25) is 4.68 Å². The van der Waals surface area contributed by atoms with Crippen LogP contribution in [0.5, 0.6) is 0 Å². The van der Waals surface area contributed by atoms with Gasteiger partial charge < -0.3 is 14.7 Å². The normalized spacial score (nSPS) is 17.5. The Morgan fingerprint density at radius 2 is 2.14 bits per heavy atom. The maximum absolute atomic E-state index is 13.7. The molecule has 0 saturated heterocycles. The largest absolute Gasteiger partial charge is 0.470 e. The third-order valence-electron chi connectivity index (χ3n) is 3.70. The Labute approximate surface area is 128 Å². The van der Waals surface area contributed by atoms with Crippen LogP contribution in [-0.4, -0.2) is 26.5 Å². The summed E-state index contributed by atoms with van der Waals surface area (Å²) in [5.41, 5.74) is 2.19. The van der Waals surface area contributed by atoms with Crippen molar-refractivity contribution < 1.29 is 14.2 Å². The first-order valence-electron chi connectivity index (χ1n) is 7.21. The molecule has 6 heteroatoms. The zero-order valence-electron chi connectivity index (χ0n) is 12.3. The highest BCUT2D eigenvalue weighted by Crippen LogP contribution is 2.31. The number of hydrogen-bond donors (Lipinski definition) is 1. The monoisotopic (exact) mass is 303 g/mol. The lowest BCUT2D eigenvalue weighted by molar-refractivity contribution is -0.00316. The van der Waals surface area contributed by atoms with E-state index in [1.807, 2.05) is 13.0 Å². The van der Waals surface area contributed by atoms with Crippen LogP contribution in [0, 0.1) is 5.82 Å². The highest BCUT2D eigenvalue weighted by molar-refractivity contribution is 5.18. The zero-order chi connectivity index (χ0) is 15.5. The third kappa shape index (κ3) is 2.69. The van der Waals surface area contributed by atoms with Crippen molar-refractivity contribution in [2.45, 2.75) is 26.1 Å². The summed E-state index contributed by atoms with van der Waals surface area (Å²) >= 11 is 0. The minimum Gasteiger partial charge on any atom is -0.470 e. The predicted molar refractivity (Wildman–Crippen MR) is 78.9 cm³/mol. The van der Waals surface area contributed by atoms with Gasteiger partial charge >= 0.3 is 0 Å². The molecular weight excluding hydrogens is 285 g/mol. The summed E-state index contributed by atoms with van der Waals surface area (Å²) in [5, 5.41) is 13.9. The number of aliphatic hydroxyl groups excluding tert-OH is 1. The van der Waals surface area contributed by atoms with Gasteiger partial charge in [0.1, 0.15) is 24.5 Å². The molecule has 0 bridgehead atoms. The highest BCUT2D eigenvalue weighted by Gasteiger charge is 2.29. The average molecular weight is 303 g/mol. The molecule has 1 aromatic carbocycles. The van der Waals surface area contributed by atoms with Crippen LogP contribution in [0.25, 0.3) is 0 Å². The maximum Gasteiger partial charge on any atom is 0.218 e. The summed E-state index contributed by atoms with van der Waals surface area (Å²) in [4.78, 5) is 1.75. The summed E-state index contributed by atoms with van der Waals surface area (Å²) in [6, 6.07) is 8.45. The van der Waals surface area contributed by atoms with Gasteiger partial charge in [0.25, 0.3) is 0 Å². The van der Waals surface area contributed by atoms with Gasteiger partial charge in [0.15, 0.2) is 0 Å². The number of ether oxygens (including phenoxy) is 1. The average Bonchev–Trinajstić information content (AvgIpc) is 3.15. The first-order chi connectivity index (χ1) is 10.7. The van der Waals surface area contributed by atoms with Crippen molar-refractivity contribution in [2.24, 2.45) is 0 Å². The van der Waals surface area contributed by atoms with Crippen LogP contribution in [0.3, 0.4) is 0 Å². The van der Waals surface area contributed by atoms with Crippen molar-refractivity contribution in [3.8, 4) is 0 Å². The molecule has 1 aliphatic heterocycles. The minimum atomic E-state index is -0.429. The van der Waals surface area contributed by atoms with E-state index in [1.165, 1.54) is 6.07 Å². The second kappa shape index (κ2) is 6.19. The van der Waals surface area contributed by atoms with Crippen LogP contribution in [-0.2, 0) is 11.3 Å². The molecule has 3 rings (SSSR count). The van der Waals surface area contributed by atoms with Gasteiger partial charge in [0.05, 0.1) is 12.2 Å². The molecule has 22 heavy (non-hydrogen) atoms. The van der Waals surface area contributed by atoms with Crippen LogP contribution >= 0.6 is 0 Å². The summed E-state index contributed by atoms with van der Waals surface area (Å²) < 4.78 is 20.9. The maximum atomic E-state index is 13.7. The molecule has 1 unspecified atom stereocenters. The number of halogens is 1. The van der Waals surface area contributed by atoms with Crippen molar-refractivity contribution in [1.29, 1.82) is 0 Å². The van der Waals surface area contributed by atoms with Crippen LogP contribution < -0.4 is 0 Å². The molecule has 2 aromatic rings. The van der Waals surface area contributed by atoms with Crippen LogP contribution in [0.4, 0.5) is 4.39 Å². The number of allylic oxidation sites excluding steroid dienone is 1. The van der Waals surface area contributed by atoms with Gasteiger partial charge in [-0.1, -0.05) is 25.1 Å². The van der Waals surface area contributed by atoms with Crippen molar-refractivity contribution >= 4 is 0 Å². The van der Waals surface area contributed by atoms with Crippen molar-refractivity contribution in [1.82, 2.24) is 14.7 Å². The van der Waals surface area contributed by atoms with E-state index in [1.54, 1.807) is 40.2 Å². The molecule has 0 spiro atoms. The topological polar surface area (TPSA) is 50.5 Å². The van der Waals surface area contributed by atoms with Gasteiger partial charge in [0, 0.05) is 11.8 Å². The molecule has 1 atom stereocenters. The fourth-order valence-corrected chi connectivity index (χ4v) is 2.51. The van der Waals surface area contributed by atoms with E-state index in [0.29, 0.717) is 17.8 Å². The molecule has 5 nitrogen and oxygen atoms in total. The summed E-state index contributed by atoms with van der Waals surface area (Å²) in [5.74, 6) is -0.247. The third-order valence-corrected chi connectivity index (χ3v) is 3.70. The Kier molecular flexibility index (Phi) is 4.11. The number of nitrogens with zero attached hydrogens (tertiary/aromatic N) is 3. The molecule has 0 aliphatic carbocycles. The summed E-state index contributed by atoms with van der Waals surface area (Å²) in [7, 11) is 0. The summed E-state index contributed by atoms with van der Waals surface area (Å²) in [6.07, 6.45) is 3.77. The van der Waals surface area contributed by atoms with Crippen molar-refractivity contribution in [2.75, 3.05) is 6.73 Å². The van der Waals surface area contributed by atoms with Crippen LogP contribution in [0.2, 0.25) is 0 Å². The van der Waals surface area contributed by atoms with Gasteiger partial charge in [-0.15, -0.1) is 0 Å². The van der Waals surface area contributed by atoms with E-state index in [-0.39, 0.29) is 12.5 Å². The summed E-state index contributed by atoms with van der Waals surface area (Å²) in [6.45, 7) is 2.22. The molecule has 116 valence electrons. The Morgan fingerprint density at radius 3 is 2.86 bits per heavy atom. The Hall–Kier alpha value is -2.34. The standard InChI is InChI=1S/C16H18FN3O2/c1-2-13-10-22-16(20(13)11-21)15-7-8-19(18-15)9-12-5-3-4-6-14(12)17/h3-8,10,16,21H,2,9,11H2,1H3. The minimum absolute atomic E-state index is 0.134. The van der Waals surface area contributed by atoms with Gasteiger partial charge in [-0.25, -0.2) is 4.39 Å². The molecule has 1 N–H and O–H groups in total. The van der Waals surface area contributed by atoms with Gasteiger partial charge in [-0.2, -0.15) is 5.10 Å². The van der Waals surface area contributed by atoms with Gasteiger partial charge in [0.2, 0.25) is 6.23 Å². The fourth-order valence-electron chi connectivity index (χ4n) is 2.51. The molecule has 1 aliphatic rings. The fraction of sp³-hybridized carbons (Fsp3) is 0.312. The lowest BCUT2D eigenvalue weighted by Crippen LogP contribution is -2.25. The number of hydrogen-bond acceptors (Lipinski definition) is 4. The number of rotatable bonds is 5. The number of benzene rings is 1. The van der Waals surface area contributed by atoms with E-state index < -0.39 is 6.23 Å². The molecule has 0 saturated carbocycles. The predicted octanol–water partition coefficient (Wildman–Crippen LogP) is 2.60. The number of aliphatic hydroxyl groups is 1. The SMILES string of the molecule is CCC1=COC(c2ccn(Cc3ccccc3F)n2)N1CO. The van der Waals surface area contributed by atoms with Crippen LogP contribution in [0.15, 0.2) is 48.5 Å². The zero-order valence-corrected chi connectivity index (χ0v) is 12.3. The van der Waals surface area contributed by atoms with E-state index >= 15 is 0 Å². The smallest absolute Gasteiger partial charge is 0.218 e. The second-order valence-corrected chi connectivity index (χ2v) is 5.09. The lowest BCUT2D eigenvalue weighted by Gasteiger charge is -2.23. The molecule has 2 heterocycles.